The van der Waals surface area contributed by atoms with E-state index in [1.54, 1.807) is 29.2 Å². The van der Waals surface area contributed by atoms with Crippen LogP contribution in [0, 0.1) is 18.3 Å². The van der Waals surface area contributed by atoms with Gasteiger partial charge < -0.3 is 19.9 Å². The summed E-state index contributed by atoms with van der Waals surface area (Å²) in [6, 6.07) is 11.9. The van der Waals surface area contributed by atoms with Crippen LogP contribution in [0.1, 0.15) is 51.7 Å². The van der Waals surface area contributed by atoms with Gasteiger partial charge in [0.2, 0.25) is 0 Å². The minimum Gasteiger partial charge on any atom is -0.478 e. The fraction of sp³-hybridized carbons (Fsp3) is 0.269. The minimum atomic E-state index is -4.55. The van der Waals surface area contributed by atoms with Crippen LogP contribution >= 0.6 is 0 Å². The van der Waals surface area contributed by atoms with Crippen molar-refractivity contribution in [2.24, 2.45) is 0 Å². The average Bonchev–Trinajstić information content (AvgIpc) is 3.32. The van der Waals surface area contributed by atoms with Gasteiger partial charge in [0.15, 0.2) is 17.2 Å². The number of nitriles is 1. The van der Waals surface area contributed by atoms with Gasteiger partial charge in [-0.3, -0.25) is 0 Å². The largest absolute Gasteiger partial charge is 0.478 e. The molecule has 0 amide bonds. The number of aromatic carboxylic acids is 1. The summed E-state index contributed by atoms with van der Waals surface area (Å²) in [6.07, 6.45) is -3.56. The van der Waals surface area contributed by atoms with E-state index in [1.165, 1.54) is 10.6 Å². The number of carboxylic acids is 1. The van der Waals surface area contributed by atoms with Gasteiger partial charge in [0.05, 0.1) is 29.2 Å². The topological polar surface area (TPSA) is 120 Å². The Morgan fingerprint density at radius 3 is 2.66 bits per heavy atom. The molecule has 194 valence electrons. The maximum atomic E-state index is 13.2. The summed E-state index contributed by atoms with van der Waals surface area (Å²) in [5, 5.41) is 22.6. The molecule has 12 heteroatoms. The van der Waals surface area contributed by atoms with Crippen molar-refractivity contribution < 1.29 is 23.1 Å². The Morgan fingerprint density at radius 1 is 1.18 bits per heavy atom. The molecule has 0 radical (unpaired) electrons. The van der Waals surface area contributed by atoms with E-state index in [1.807, 2.05) is 19.9 Å². The maximum Gasteiger partial charge on any atom is 0.434 e. The monoisotopic (exact) mass is 521 g/mol. The number of benzene rings is 2. The van der Waals surface area contributed by atoms with Crippen LogP contribution in [0.15, 0.2) is 42.6 Å². The lowest BCUT2D eigenvalue weighted by Crippen LogP contribution is -2.35. The number of nitrogens with one attached hydrogen (secondary N) is 1. The third kappa shape index (κ3) is 4.58. The van der Waals surface area contributed by atoms with E-state index in [0.717, 1.165) is 17.3 Å². The number of hydrogen-bond donors (Lipinski definition) is 2. The molecule has 0 spiro atoms. The van der Waals surface area contributed by atoms with Crippen molar-refractivity contribution in [3.05, 3.63) is 76.5 Å². The zero-order valence-electron chi connectivity index (χ0n) is 20.4. The molecule has 4 aromatic rings. The highest BCUT2D eigenvalue weighted by atomic mass is 19.4. The molecule has 38 heavy (non-hydrogen) atoms. The first-order valence-electron chi connectivity index (χ1n) is 11.7. The fourth-order valence-electron chi connectivity index (χ4n) is 4.63. The van der Waals surface area contributed by atoms with Crippen molar-refractivity contribution in [2.45, 2.75) is 39.2 Å². The van der Waals surface area contributed by atoms with Crippen molar-refractivity contribution in [3.8, 4) is 6.07 Å². The van der Waals surface area contributed by atoms with E-state index in [2.05, 4.69) is 21.4 Å². The summed E-state index contributed by atoms with van der Waals surface area (Å²) in [7, 11) is 0. The molecule has 0 saturated heterocycles. The average molecular weight is 522 g/mol. The number of alkyl halides is 3. The van der Waals surface area contributed by atoms with Crippen molar-refractivity contribution in [3.63, 3.8) is 0 Å². The van der Waals surface area contributed by atoms with E-state index < -0.39 is 17.8 Å². The molecule has 0 bridgehead atoms. The van der Waals surface area contributed by atoms with E-state index in [9.17, 15) is 28.3 Å². The SMILES string of the molecule is Cc1cc([C@@H](C)Nc2ccccc2C(=O)O)c2nc(N3CCn4cc(C(F)(F)F)nc4C3)c(C#N)nc2c1. The first-order valence-corrected chi connectivity index (χ1v) is 11.7. The maximum absolute atomic E-state index is 13.2. The molecule has 3 heterocycles. The third-order valence-electron chi connectivity index (χ3n) is 6.42. The molecule has 9 nitrogen and oxygen atoms in total. The number of hydrogen-bond acceptors (Lipinski definition) is 7. The van der Waals surface area contributed by atoms with Gasteiger partial charge in [0, 0.05) is 30.5 Å². The molecule has 0 aliphatic carbocycles. The van der Waals surface area contributed by atoms with Gasteiger partial charge in [0.25, 0.3) is 0 Å². The first kappa shape index (κ1) is 25.0. The molecule has 1 atom stereocenters. The third-order valence-corrected chi connectivity index (χ3v) is 6.42. The number of halogens is 3. The molecular formula is C26H22F3N7O2. The van der Waals surface area contributed by atoms with Crippen LogP contribution in [0.3, 0.4) is 0 Å². The lowest BCUT2D eigenvalue weighted by atomic mass is 10.0. The van der Waals surface area contributed by atoms with Crippen molar-refractivity contribution >= 4 is 28.5 Å². The van der Waals surface area contributed by atoms with Crippen molar-refractivity contribution in [1.82, 2.24) is 19.5 Å². The number of carbonyl (C=O) groups is 1. The van der Waals surface area contributed by atoms with Crippen LogP contribution in [0.4, 0.5) is 24.7 Å². The number of carboxylic acid groups (broad SMARTS) is 1. The summed E-state index contributed by atoms with van der Waals surface area (Å²) in [5.74, 6) is -0.586. The molecule has 2 aromatic heterocycles. The second-order valence-electron chi connectivity index (χ2n) is 9.10. The van der Waals surface area contributed by atoms with Gasteiger partial charge in [-0.05, 0) is 37.6 Å². The Hall–Kier alpha value is -4.66. The van der Waals surface area contributed by atoms with E-state index >= 15 is 0 Å². The Bertz CT molecular complexity index is 1610. The molecule has 2 N–H and O–H groups in total. The summed E-state index contributed by atoms with van der Waals surface area (Å²) < 4.78 is 41.0. The Balaban J connectivity index is 1.55. The van der Waals surface area contributed by atoms with Gasteiger partial charge in [0.1, 0.15) is 11.9 Å². The van der Waals surface area contributed by atoms with Crippen LogP contribution in [-0.4, -0.2) is 37.1 Å². The Labute approximate surface area is 215 Å². The van der Waals surface area contributed by atoms with E-state index in [4.69, 9.17) is 4.98 Å². The summed E-state index contributed by atoms with van der Waals surface area (Å²) in [4.78, 5) is 26.4. The second kappa shape index (κ2) is 9.33. The summed E-state index contributed by atoms with van der Waals surface area (Å²) in [6.45, 7) is 4.34. The van der Waals surface area contributed by atoms with Crippen molar-refractivity contribution in [2.75, 3.05) is 16.8 Å². The minimum absolute atomic E-state index is 0.0337. The molecule has 0 saturated carbocycles. The predicted molar refractivity (Wildman–Crippen MR) is 133 cm³/mol. The Kier molecular flexibility index (Phi) is 6.14. The van der Waals surface area contributed by atoms with Gasteiger partial charge in [-0.15, -0.1) is 0 Å². The van der Waals surface area contributed by atoms with Crippen molar-refractivity contribution in [1.29, 1.82) is 5.26 Å². The number of aryl methyl sites for hydroxylation is 1. The molecule has 2 aromatic carbocycles. The second-order valence-corrected chi connectivity index (χ2v) is 9.10. The van der Waals surface area contributed by atoms with Gasteiger partial charge in [-0.25, -0.2) is 19.7 Å². The molecular weight excluding hydrogens is 499 g/mol. The number of anilines is 2. The smallest absolute Gasteiger partial charge is 0.434 e. The number of rotatable bonds is 5. The lowest BCUT2D eigenvalue weighted by molar-refractivity contribution is -0.141. The highest BCUT2D eigenvalue weighted by Gasteiger charge is 2.36. The Morgan fingerprint density at radius 2 is 1.95 bits per heavy atom. The number of imidazole rings is 1. The standard InChI is InChI=1S/C26H22F3N7O2/c1-14-9-17(15(2)31-18-6-4-3-5-16(18)25(37)38)23-19(10-14)32-20(11-30)24(34-23)36-8-7-35-12-21(26(27,28)29)33-22(35)13-36/h3-6,9-10,12,15,31H,7-8,13H2,1-2H3,(H,37,38)/t15-/m1/s1. The number of aromatic nitrogens is 4. The molecule has 0 unspecified atom stereocenters. The highest BCUT2D eigenvalue weighted by Crippen LogP contribution is 2.33. The van der Waals surface area contributed by atoms with Crippen LogP contribution in [-0.2, 0) is 19.3 Å². The molecule has 5 rings (SSSR count). The van der Waals surface area contributed by atoms with E-state index in [-0.39, 0.29) is 42.0 Å². The number of para-hydroxylation sites is 1. The summed E-state index contributed by atoms with van der Waals surface area (Å²) >= 11 is 0. The normalized spacial score (nSPS) is 14.2. The van der Waals surface area contributed by atoms with Crippen LogP contribution < -0.4 is 10.2 Å². The number of fused-ring (bicyclic) bond motifs is 2. The predicted octanol–water partition coefficient (Wildman–Crippen LogP) is 4.92. The first-order chi connectivity index (χ1) is 18.0. The van der Waals surface area contributed by atoms with Gasteiger partial charge >= 0.3 is 12.1 Å². The highest BCUT2D eigenvalue weighted by molar-refractivity contribution is 5.94. The lowest BCUT2D eigenvalue weighted by Gasteiger charge is -2.29. The van der Waals surface area contributed by atoms with Gasteiger partial charge in [-0.2, -0.15) is 18.4 Å². The van der Waals surface area contributed by atoms with Crippen LogP contribution in [0.25, 0.3) is 11.0 Å². The molecule has 1 aliphatic heterocycles. The van der Waals surface area contributed by atoms with E-state index in [0.29, 0.717) is 23.3 Å². The van der Waals surface area contributed by atoms with Crippen LogP contribution in [0.5, 0.6) is 0 Å². The van der Waals surface area contributed by atoms with Gasteiger partial charge in [-0.1, -0.05) is 18.2 Å². The molecule has 0 fully saturated rings. The molecule has 1 aliphatic rings. The summed E-state index contributed by atoms with van der Waals surface area (Å²) in [5.41, 5.74) is 2.25. The zero-order valence-corrected chi connectivity index (χ0v) is 20.4. The number of nitrogens with zero attached hydrogens (tertiary/aromatic N) is 6. The van der Waals surface area contributed by atoms with Crippen LogP contribution in [0.2, 0.25) is 0 Å². The fourth-order valence-corrected chi connectivity index (χ4v) is 4.63. The zero-order chi connectivity index (χ0) is 27.2. The quantitative estimate of drug-likeness (QED) is 0.380.